The van der Waals surface area contributed by atoms with E-state index in [0.29, 0.717) is 25.7 Å². The summed E-state index contributed by atoms with van der Waals surface area (Å²) in [7, 11) is 0. The molecule has 3 rings (SSSR count). The molecule has 0 spiro atoms. The molecule has 1 aliphatic carbocycles. The fourth-order valence-corrected chi connectivity index (χ4v) is 3.43. The van der Waals surface area contributed by atoms with Crippen LogP contribution in [0.4, 0.5) is 0 Å². The van der Waals surface area contributed by atoms with Crippen molar-refractivity contribution in [3.05, 3.63) is 57.8 Å². The van der Waals surface area contributed by atoms with Gasteiger partial charge in [-0.05, 0) is 24.6 Å². The van der Waals surface area contributed by atoms with Gasteiger partial charge in [-0.3, -0.25) is 4.79 Å². The lowest BCUT2D eigenvalue weighted by Gasteiger charge is -2.21. The van der Waals surface area contributed by atoms with Gasteiger partial charge in [-0.15, -0.1) is 11.3 Å². The third kappa shape index (κ3) is 4.42. The Balaban J connectivity index is 1.67. The second-order valence-electron chi connectivity index (χ2n) is 6.03. The third-order valence-corrected chi connectivity index (χ3v) is 4.94. The van der Waals surface area contributed by atoms with Crippen molar-refractivity contribution < 1.29 is 10.1 Å². The second kappa shape index (κ2) is 7.07. The molecule has 0 saturated heterocycles. The van der Waals surface area contributed by atoms with Gasteiger partial charge in [-0.2, -0.15) is 0 Å². The maximum absolute atomic E-state index is 12.6. The summed E-state index contributed by atoms with van der Waals surface area (Å²) in [5, 5.41) is 2.19. The maximum atomic E-state index is 12.6. The van der Waals surface area contributed by atoms with Gasteiger partial charge in [0.05, 0.1) is 12.6 Å². The van der Waals surface area contributed by atoms with Crippen LogP contribution in [0.25, 0.3) is 0 Å². The minimum Gasteiger partial charge on any atom is -0.336 e. The zero-order valence-corrected chi connectivity index (χ0v) is 13.8. The molecule has 2 N–H and O–H groups in total. The molecule has 1 aliphatic rings. The van der Waals surface area contributed by atoms with Crippen molar-refractivity contribution in [2.24, 2.45) is 0 Å². The summed E-state index contributed by atoms with van der Waals surface area (Å²) >= 11 is 1.78. The van der Waals surface area contributed by atoms with Gasteiger partial charge in [0.2, 0.25) is 0 Å². The Morgan fingerprint density at radius 2 is 1.95 bits per heavy atom. The molecule has 22 heavy (non-hydrogen) atoms. The van der Waals surface area contributed by atoms with Crippen molar-refractivity contribution in [2.75, 3.05) is 6.54 Å². The molecule has 1 saturated carbocycles. The number of nitrogens with zero attached hydrogens (tertiary/aromatic N) is 1. The second-order valence-corrected chi connectivity index (χ2v) is 7.40. The number of quaternary nitrogens is 1. The molecule has 0 aliphatic heterocycles. The molecule has 1 fully saturated rings. The number of aryl methyl sites for hydroxylation is 1. The van der Waals surface area contributed by atoms with E-state index in [2.05, 4.69) is 36.5 Å². The van der Waals surface area contributed by atoms with E-state index in [9.17, 15) is 4.79 Å². The van der Waals surface area contributed by atoms with Crippen molar-refractivity contribution in [2.45, 2.75) is 38.9 Å². The van der Waals surface area contributed by atoms with E-state index in [4.69, 9.17) is 0 Å². The SMILES string of the molecule is Cc1ccc(CN(Cc2ccccc2)C(=O)C[NH2+]C2CC2)s1. The fourth-order valence-electron chi connectivity index (χ4n) is 2.52. The van der Waals surface area contributed by atoms with Crippen LogP contribution < -0.4 is 5.32 Å². The van der Waals surface area contributed by atoms with E-state index in [-0.39, 0.29) is 5.91 Å². The molecule has 0 bridgehead atoms. The van der Waals surface area contributed by atoms with Gasteiger partial charge < -0.3 is 10.2 Å². The van der Waals surface area contributed by atoms with Crippen LogP contribution >= 0.6 is 11.3 Å². The lowest BCUT2D eigenvalue weighted by Crippen LogP contribution is -2.88. The van der Waals surface area contributed by atoms with Crippen LogP contribution in [0.5, 0.6) is 0 Å². The Kier molecular flexibility index (Phi) is 4.90. The monoisotopic (exact) mass is 315 g/mol. The largest absolute Gasteiger partial charge is 0.336 e. The minimum atomic E-state index is 0.238. The number of amides is 1. The predicted molar refractivity (Wildman–Crippen MR) is 89.6 cm³/mol. The summed E-state index contributed by atoms with van der Waals surface area (Å²) in [5.41, 5.74) is 1.19. The Hall–Kier alpha value is -1.65. The van der Waals surface area contributed by atoms with Crippen LogP contribution in [0.15, 0.2) is 42.5 Å². The Bertz CT molecular complexity index is 619. The molecule has 2 aromatic rings. The van der Waals surface area contributed by atoms with Crippen molar-refractivity contribution in [1.82, 2.24) is 4.90 Å². The molecule has 1 aromatic carbocycles. The zero-order chi connectivity index (χ0) is 15.4. The third-order valence-electron chi connectivity index (χ3n) is 3.96. The molecule has 0 atom stereocenters. The van der Waals surface area contributed by atoms with E-state index < -0.39 is 0 Å². The van der Waals surface area contributed by atoms with Crippen LogP contribution in [0.1, 0.15) is 28.2 Å². The molecule has 1 aromatic heterocycles. The zero-order valence-electron chi connectivity index (χ0n) is 13.0. The summed E-state index contributed by atoms with van der Waals surface area (Å²) in [6.45, 7) is 4.08. The number of hydrogen-bond donors (Lipinski definition) is 1. The molecule has 4 heteroatoms. The number of benzene rings is 1. The predicted octanol–water partition coefficient (Wildman–Crippen LogP) is 2.31. The smallest absolute Gasteiger partial charge is 0.278 e. The van der Waals surface area contributed by atoms with Gasteiger partial charge in [0.15, 0.2) is 6.54 Å². The quantitative estimate of drug-likeness (QED) is 0.836. The highest BCUT2D eigenvalue weighted by atomic mass is 32.1. The first-order valence-corrected chi connectivity index (χ1v) is 8.73. The van der Waals surface area contributed by atoms with E-state index in [1.165, 1.54) is 28.2 Å². The van der Waals surface area contributed by atoms with E-state index in [1.807, 2.05) is 23.1 Å². The number of hydrogen-bond acceptors (Lipinski definition) is 2. The highest BCUT2D eigenvalue weighted by Crippen LogP contribution is 2.18. The highest BCUT2D eigenvalue weighted by Gasteiger charge is 2.27. The average Bonchev–Trinajstić information content (AvgIpc) is 3.27. The number of rotatable bonds is 7. The summed E-state index contributed by atoms with van der Waals surface area (Å²) in [6, 6.07) is 15.2. The molecular weight excluding hydrogens is 292 g/mol. The van der Waals surface area contributed by atoms with Gasteiger partial charge in [-0.25, -0.2) is 0 Å². The van der Waals surface area contributed by atoms with Crippen LogP contribution in [-0.4, -0.2) is 23.4 Å². The molecule has 0 unspecified atom stereocenters. The van der Waals surface area contributed by atoms with Crippen molar-refractivity contribution in [3.63, 3.8) is 0 Å². The fraction of sp³-hybridized carbons (Fsp3) is 0.389. The molecule has 1 amide bonds. The molecule has 0 radical (unpaired) electrons. The van der Waals surface area contributed by atoms with Gasteiger partial charge in [0, 0.05) is 29.1 Å². The van der Waals surface area contributed by atoms with E-state index in [0.717, 1.165) is 0 Å². The van der Waals surface area contributed by atoms with Crippen molar-refractivity contribution >= 4 is 17.2 Å². The average molecular weight is 315 g/mol. The Morgan fingerprint density at radius 3 is 2.59 bits per heavy atom. The lowest BCUT2D eigenvalue weighted by atomic mass is 10.2. The van der Waals surface area contributed by atoms with Crippen molar-refractivity contribution in [3.8, 4) is 0 Å². The first kappa shape index (κ1) is 15.3. The van der Waals surface area contributed by atoms with Crippen LogP contribution in [-0.2, 0) is 17.9 Å². The van der Waals surface area contributed by atoms with E-state index in [1.54, 1.807) is 11.3 Å². The molecule has 3 nitrogen and oxygen atoms in total. The minimum absolute atomic E-state index is 0.238. The van der Waals surface area contributed by atoms with Gasteiger partial charge in [0.1, 0.15) is 0 Å². The summed E-state index contributed by atoms with van der Waals surface area (Å²) in [4.78, 5) is 17.1. The van der Waals surface area contributed by atoms with E-state index >= 15 is 0 Å². The molecular formula is C18H23N2OS+. The standard InChI is InChI=1S/C18H22N2OS/c1-14-7-10-17(22-14)13-20(12-15-5-3-2-4-6-15)18(21)11-19-16-8-9-16/h2-7,10,16,19H,8-9,11-13H2,1H3/p+1. The van der Waals surface area contributed by atoms with Crippen LogP contribution in [0.3, 0.4) is 0 Å². The van der Waals surface area contributed by atoms with Gasteiger partial charge in [-0.1, -0.05) is 30.3 Å². The maximum Gasteiger partial charge on any atom is 0.278 e. The summed E-state index contributed by atoms with van der Waals surface area (Å²) in [6.07, 6.45) is 2.52. The van der Waals surface area contributed by atoms with Crippen LogP contribution in [0, 0.1) is 6.92 Å². The molecule has 1 heterocycles. The normalized spacial score (nSPS) is 14.0. The highest BCUT2D eigenvalue weighted by molar-refractivity contribution is 7.11. The number of thiophene rings is 1. The van der Waals surface area contributed by atoms with Gasteiger partial charge in [0.25, 0.3) is 5.91 Å². The number of carbonyl (C=O) groups excluding carboxylic acids is 1. The lowest BCUT2D eigenvalue weighted by molar-refractivity contribution is -0.658. The van der Waals surface area contributed by atoms with Gasteiger partial charge >= 0.3 is 0 Å². The number of carbonyl (C=O) groups is 1. The Labute approximate surface area is 136 Å². The first-order chi connectivity index (χ1) is 10.7. The van der Waals surface area contributed by atoms with Crippen molar-refractivity contribution in [1.29, 1.82) is 0 Å². The summed E-state index contributed by atoms with van der Waals surface area (Å²) in [5.74, 6) is 0.238. The summed E-state index contributed by atoms with van der Waals surface area (Å²) < 4.78 is 0. The first-order valence-electron chi connectivity index (χ1n) is 7.91. The topological polar surface area (TPSA) is 36.9 Å². The molecule has 116 valence electrons. The number of nitrogens with two attached hydrogens (primary N) is 1. The van der Waals surface area contributed by atoms with Crippen LogP contribution in [0.2, 0.25) is 0 Å². The Morgan fingerprint density at radius 1 is 1.18 bits per heavy atom.